The van der Waals surface area contributed by atoms with Crippen LogP contribution in [0.1, 0.15) is 22.4 Å². The molecule has 0 bridgehead atoms. The molecule has 1 N–H and O–H groups in total. The zero-order chi connectivity index (χ0) is 15.9. The third-order valence-corrected chi connectivity index (χ3v) is 3.67. The van der Waals surface area contributed by atoms with Gasteiger partial charge in [-0.1, -0.05) is 6.07 Å². The summed E-state index contributed by atoms with van der Waals surface area (Å²) in [5.74, 6) is 1.50. The van der Waals surface area contributed by atoms with Gasteiger partial charge in [-0.25, -0.2) is 4.98 Å². The summed E-state index contributed by atoms with van der Waals surface area (Å²) in [6.45, 7) is 2.67. The number of amides is 1. The molecular weight excluding hydrogens is 304 g/mol. The van der Waals surface area contributed by atoms with Crippen molar-refractivity contribution in [3.63, 3.8) is 0 Å². The van der Waals surface area contributed by atoms with E-state index in [1.54, 1.807) is 31.7 Å². The number of aromatic nitrogens is 1. The monoisotopic (exact) mass is 322 g/mol. The molecule has 0 aliphatic carbocycles. The van der Waals surface area contributed by atoms with E-state index >= 15 is 0 Å². The molecule has 1 aromatic heterocycles. The first kappa shape index (κ1) is 16.1. The van der Waals surface area contributed by atoms with Gasteiger partial charge in [0.1, 0.15) is 17.3 Å². The molecule has 0 fully saturated rings. The van der Waals surface area contributed by atoms with Gasteiger partial charge in [0.15, 0.2) is 11.5 Å². The van der Waals surface area contributed by atoms with Gasteiger partial charge in [0.25, 0.3) is 5.91 Å². The van der Waals surface area contributed by atoms with E-state index in [2.05, 4.69) is 10.3 Å². The van der Waals surface area contributed by atoms with Gasteiger partial charge >= 0.3 is 0 Å². The minimum atomic E-state index is -0.181. The van der Waals surface area contributed by atoms with Crippen molar-refractivity contribution in [2.45, 2.75) is 13.5 Å². The van der Waals surface area contributed by atoms with E-state index in [1.165, 1.54) is 11.3 Å². The maximum Gasteiger partial charge on any atom is 0.270 e. The molecule has 6 nitrogen and oxygen atoms in total. The van der Waals surface area contributed by atoms with E-state index in [0.717, 1.165) is 0 Å². The average molecular weight is 322 g/mol. The number of methoxy groups -OCH3 is 2. The van der Waals surface area contributed by atoms with Gasteiger partial charge in [-0.2, -0.15) is 0 Å². The van der Waals surface area contributed by atoms with Crippen molar-refractivity contribution >= 4 is 17.2 Å². The van der Waals surface area contributed by atoms with Gasteiger partial charge in [-0.3, -0.25) is 4.79 Å². The van der Waals surface area contributed by atoms with Gasteiger partial charge in [-0.15, -0.1) is 11.3 Å². The Kier molecular flexibility index (Phi) is 5.60. The molecule has 0 radical (unpaired) electrons. The Morgan fingerprint density at radius 1 is 1.27 bits per heavy atom. The average Bonchev–Trinajstić information content (AvgIpc) is 3.01. The third kappa shape index (κ3) is 3.67. The lowest BCUT2D eigenvalue weighted by Crippen LogP contribution is -2.22. The Labute approximate surface area is 133 Å². The van der Waals surface area contributed by atoms with Crippen LogP contribution >= 0.6 is 11.3 Å². The quantitative estimate of drug-likeness (QED) is 0.848. The molecule has 1 amide bonds. The van der Waals surface area contributed by atoms with Crippen molar-refractivity contribution in [3.05, 3.63) is 34.3 Å². The molecule has 0 atom stereocenters. The van der Waals surface area contributed by atoms with Crippen LogP contribution in [0.25, 0.3) is 0 Å². The van der Waals surface area contributed by atoms with Crippen molar-refractivity contribution in [3.8, 4) is 17.2 Å². The standard InChI is InChI=1S/C15H18N2O4S/c1-4-16-15(18)10-9-22-13(17-10)8-21-14-11(19-2)6-5-7-12(14)20-3/h5-7,9H,4,8H2,1-3H3,(H,16,18). The zero-order valence-electron chi connectivity index (χ0n) is 12.7. The van der Waals surface area contributed by atoms with E-state index in [4.69, 9.17) is 14.2 Å². The number of thiazole rings is 1. The van der Waals surface area contributed by atoms with E-state index in [-0.39, 0.29) is 12.5 Å². The van der Waals surface area contributed by atoms with E-state index < -0.39 is 0 Å². The first-order valence-electron chi connectivity index (χ1n) is 6.76. The van der Waals surface area contributed by atoms with Crippen LogP contribution in [0.5, 0.6) is 17.2 Å². The summed E-state index contributed by atoms with van der Waals surface area (Å²) in [5.41, 5.74) is 0.400. The lowest BCUT2D eigenvalue weighted by atomic mass is 10.3. The van der Waals surface area contributed by atoms with Crippen LogP contribution in [0, 0.1) is 0 Å². The minimum Gasteiger partial charge on any atom is -0.493 e. The van der Waals surface area contributed by atoms with Gasteiger partial charge < -0.3 is 19.5 Å². The fraction of sp³-hybridized carbons (Fsp3) is 0.333. The summed E-state index contributed by atoms with van der Waals surface area (Å²) in [6.07, 6.45) is 0. The number of hydrogen-bond acceptors (Lipinski definition) is 6. The predicted molar refractivity (Wildman–Crippen MR) is 84.0 cm³/mol. The Balaban J connectivity index is 2.09. The number of nitrogens with zero attached hydrogens (tertiary/aromatic N) is 1. The summed E-state index contributed by atoms with van der Waals surface area (Å²) in [5, 5.41) is 5.12. The molecule has 0 unspecified atom stereocenters. The van der Waals surface area contributed by atoms with Crippen molar-refractivity contribution in [1.29, 1.82) is 0 Å². The molecule has 0 saturated heterocycles. The number of carbonyl (C=O) groups excluding carboxylic acids is 1. The molecule has 7 heteroatoms. The molecule has 0 spiro atoms. The second-order valence-electron chi connectivity index (χ2n) is 4.27. The molecule has 0 saturated carbocycles. The highest BCUT2D eigenvalue weighted by Gasteiger charge is 2.14. The fourth-order valence-corrected chi connectivity index (χ4v) is 2.51. The highest BCUT2D eigenvalue weighted by atomic mass is 32.1. The van der Waals surface area contributed by atoms with Crippen LogP contribution in [0.15, 0.2) is 23.6 Å². The minimum absolute atomic E-state index is 0.181. The second-order valence-corrected chi connectivity index (χ2v) is 5.21. The second kappa shape index (κ2) is 7.65. The first-order valence-corrected chi connectivity index (χ1v) is 7.64. The van der Waals surface area contributed by atoms with E-state index in [9.17, 15) is 4.79 Å². The summed E-state index contributed by atoms with van der Waals surface area (Å²) in [4.78, 5) is 15.9. The summed E-state index contributed by atoms with van der Waals surface area (Å²) in [7, 11) is 3.14. The maximum atomic E-state index is 11.7. The fourth-order valence-electron chi connectivity index (χ4n) is 1.83. The largest absolute Gasteiger partial charge is 0.493 e. The first-order chi connectivity index (χ1) is 10.7. The molecule has 0 aliphatic rings. The van der Waals surface area contributed by atoms with Crippen LogP contribution in [-0.4, -0.2) is 31.7 Å². The summed E-state index contributed by atoms with van der Waals surface area (Å²) >= 11 is 1.37. The molecule has 22 heavy (non-hydrogen) atoms. The molecule has 2 rings (SSSR count). The molecule has 118 valence electrons. The Morgan fingerprint density at radius 2 is 1.95 bits per heavy atom. The Bertz CT molecular complexity index is 620. The molecule has 1 heterocycles. The highest BCUT2D eigenvalue weighted by Crippen LogP contribution is 2.37. The summed E-state index contributed by atoms with van der Waals surface area (Å²) in [6, 6.07) is 5.40. The van der Waals surface area contributed by atoms with Gasteiger partial charge in [0.2, 0.25) is 5.75 Å². The smallest absolute Gasteiger partial charge is 0.270 e. The Morgan fingerprint density at radius 3 is 2.55 bits per heavy atom. The van der Waals surface area contributed by atoms with Gasteiger partial charge in [-0.05, 0) is 19.1 Å². The molecular formula is C15H18N2O4S. The lowest BCUT2D eigenvalue weighted by Gasteiger charge is -2.13. The number of hydrogen-bond donors (Lipinski definition) is 1. The van der Waals surface area contributed by atoms with Crippen molar-refractivity contribution in [1.82, 2.24) is 10.3 Å². The molecule has 0 aliphatic heterocycles. The van der Waals surface area contributed by atoms with Gasteiger partial charge in [0, 0.05) is 11.9 Å². The number of nitrogens with one attached hydrogen (secondary N) is 1. The lowest BCUT2D eigenvalue weighted by molar-refractivity contribution is 0.0951. The maximum absolute atomic E-state index is 11.7. The zero-order valence-corrected chi connectivity index (χ0v) is 13.5. The number of para-hydroxylation sites is 1. The van der Waals surface area contributed by atoms with Crippen LogP contribution < -0.4 is 19.5 Å². The van der Waals surface area contributed by atoms with Crippen LogP contribution in [0.3, 0.4) is 0 Å². The van der Waals surface area contributed by atoms with Crippen LogP contribution in [0.2, 0.25) is 0 Å². The number of ether oxygens (including phenoxy) is 3. The van der Waals surface area contributed by atoms with E-state index in [0.29, 0.717) is 34.5 Å². The van der Waals surface area contributed by atoms with Gasteiger partial charge in [0.05, 0.1) is 14.2 Å². The third-order valence-electron chi connectivity index (χ3n) is 2.84. The number of benzene rings is 1. The van der Waals surface area contributed by atoms with Crippen molar-refractivity contribution in [2.24, 2.45) is 0 Å². The number of carbonyl (C=O) groups is 1. The number of rotatable bonds is 7. The van der Waals surface area contributed by atoms with E-state index in [1.807, 2.05) is 13.0 Å². The van der Waals surface area contributed by atoms with Crippen molar-refractivity contribution < 1.29 is 19.0 Å². The van der Waals surface area contributed by atoms with Crippen LogP contribution in [0.4, 0.5) is 0 Å². The Hall–Kier alpha value is -2.28. The SMILES string of the molecule is CCNC(=O)c1csc(COc2c(OC)cccc2OC)n1. The van der Waals surface area contributed by atoms with Crippen molar-refractivity contribution in [2.75, 3.05) is 20.8 Å². The predicted octanol–water partition coefficient (Wildman–Crippen LogP) is 2.49. The molecule has 2 aromatic rings. The summed E-state index contributed by atoms with van der Waals surface area (Å²) < 4.78 is 16.3. The highest BCUT2D eigenvalue weighted by molar-refractivity contribution is 7.09. The normalized spacial score (nSPS) is 10.1. The van der Waals surface area contributed by atoms with Crippen LogP contribution in [-0.2, 0) is 6.61 Å². The topological polar surface area (TPSA) is 69.7 Å². The molecule has 1 aromatic carbocycles.